The average molecular weight is 305 g/mol. The average Bonchev–Trinajstić information content (AvgIpc) is 2.69. The zero-order valence-electron chi connectivity index (χ0n) is 12.9. The van der Waals surface area contributed by atoms with Gasteiger partial charge < -0.3 is 0 Å². The fourth-order valence-corrected chi connectivity index (χ4v) is 5.15. The Morgan fingerprint density at radius 2 is 1.76 bits per heavy atom. The molecule has 0 N–H and O–H groups in total. The molecule has 2 aliphatic heterocycles. The summed E-state index contributed by atoms with van der Waals surface area (Å²) in [5.41, 5.74) is 1.19. The molecule has 0 saturated carbocycles. The van der Waals surface area contributed by atoms with Crippen molar-refractivity contribution >= 4 is 10.0 Å². The first-order chi connectivity index (χ1) is 9.80. The van der Waals surface area contributed by atoms with Crippen molar-refractivity contribution in [1.82, 2.24) is 4.31 Å². The van der Waals surface area contributed by atoms with Gasteiger partial charge in [-0.3, -0.25) is 0 Å². The Morgan fingerprint density at radius 3 is 2.33 bits per heavy atom. The number of nitrogens with zero attached hydrogens (tertiary/aromatic N) is 1. The van der Waals surface area contributed by atoms with E-state index >= 15 is 0 Å². The molecule has 1 fully saturated rings. The highest BCUT2D eigenvalue weighted by atomic mass is 32.2. The second-order valence-corrected chi connectivity index (χ2v) is 8.91. The number of hydrogen-bond acceptors (Lipinski definition) is 2. The number of rotatable bonds is 2. The van der Waals surface area contributed by atoms with Crippen LogP contribution in [-0.4, -0.2) is 24.8 Å². The molecule has 2 unspecified atom stereocenters. The summed E-state index contributed by atoms with van der Waals surface area (Å²) in [5, 5.41) is 0. The highest BCUT2D eigenvalue weighted by Crippen LogP contribution is 2.36. The molecule has 114 valence electrons. The van der Waals surface area contributed by atoms with Gasteiger partial charge in [-0.25, -0.2) is 8.42 Å². The SMILES string of the molecule is CC(C)(C)c1ccc(S(=O)(=O)N2C3C=CCC2CC3)cc1. The Kier molecular flexibility index (Phi) is 3.49. The summed E-state index contributed by atoms with van der Waals surface area (Å²) in [6.45, 7) is 6.39. The Bertz CT molecular complexity index is 653. The predicted molar refractivity (Wildman–Crippen MR) is 84.7 cm³/mol. The van der Waals surface area contributed by atoms with E-state index in [1.165, 1.54) is 0 Å². The molecule has 0 amide bonds. The molecular formula is C17H23NO2S. The van der Waals surface area contributed by atoms with Crippen LogP contribution in [0.2, 0.25) is 0 Å². The zero-order chi connectivity index (χ0) is 15.3. The third kappa shape index (κ3) is 2.55. The quantitative estimate of drug-likeness (QED) is 0.785. The summed E-state index contributed by atoms with van der Waals surface area (Å²) in [4.78, 5) is 0.419. The summed E-state index contributed by atoms with van der Waals surface area (Å²) in [5.74, 6) is 0. The Hall–Kier alpha value is -1.13. The summed E-state index contributed by atoms with van der Waals surface area (Å²) >= 11 is 0. The highest BCUT2D eigenvalue weighted by molar-refractivity contribution is 7.89. The maximum atomic E-state index is 12.9. The topological polar surface area (TPSA) is 37.4 Å². The number of benzene rings is 1. The van der Waals surface area contributed by atoms with Crippen molar-refractivity contribution in [3.05, 3.63) is 42.0 Å². The standard InChI is InChI=1S/C17H23NO2S/c1-17(2,3)13-7-11-16(12-8-13)21(19,20)18-14-5-4-6-15(18)10-9-14/h4-5,7-8,11-12,14-15H,6,9-10H2,1-3H3. The normalized spacial score (nSPS) is 26.2. The summed E-state index contributed by atoms with van der Waals surface area (Å²) in [6.07, 6.45) is 6.93. The molecule has 0 radical (unpaired) electrons. The fraction of sp³-hybridized carbons (Fsp3) is 0.529. The third-order valence-electron chi connectivity index (χ3n) is 4.54. The molecule has 2 heterocycles. The molecule has 1 aromatic rings. The third-order valence-corrected chi connectivity index (χ3v) is 6.54. The van der Waals surface area contributed by atoms with E-state index in [9.17, 15) is 8.42 Å². The van der Waals surface area contributed by atoms with Crippen LogP contribution in [0.25, 0.3) is 0 Å². The van der Waals surface area contributed by atoms with E-state index in [2.05, 4.69) is 26.8 Å². The van der Waals surface area contributed by atoms with Crippen molar-refractivity contribution in [3.63, 3.8) is 0 Å². The minimum atomic E-state index is -3.38. The summed E-state index contributed by atoms with van der Waals surface area (Å²) in [6, 6.07) is 7.59. The molecule has 4 heteroatoms. The van der Waals surface area contributed by atoms with E-state index < -0.39 is 10.0 Å². The fourth-order valence-electron chi connectivity index (χ4n) is 3.31. The summed E-state index contributed by atoms with van der Waals surface area (Å²) < 4.78 is 27.5. The predicted octanol–water partition coefficient (Wildman–Crippen LogP) is 3.47. The van der Waals surface area contributed by atoms with Crippen LogP contribution in [0.4, 0.5) is 0 Å². The maximum absolute atomic E-state index is 12.9. The van der Waals surface area contributed by atoms with Crippen LogP contribution in [-0.2, 0) is 15.4 Å². The molecule has 2 bridgehead atoms. The molecule has 1 saturated heterocycles. The van der Waals surface area contributed by atoms with Gasteiger partial charge in [0.25, 0.3) is 0 Å². The van der Waals surface area contributed by atoms with Gasteiger partial charge in [-0.15, -0.1) is 0 Å². The van der Waals surface area contributed by atoms with Crippen LogP contribution < -0.4 is 0 Å². The van der Waals surface area contributed by atoms with Crippen molar-refractivity contribution in [2.24, 2.45) is 0 Å². The van der Waals surface area contributed by atoms with Gasteiger partial charge in [-0.05, 0) is 42.4 Å². The molecule has 21 heavy (non-hydrogen) atoms. The van der Waals surface area contributed by atoms with Crippen LogP contribution >= 0.6 is 0 Å². The van der Waals surface area contributed by atoms with Crippen molar-refractivity contribution in [1.29, 1.82) is 0 Å². The van der Waals surface area contributed by atoms with Gasteiger partial charge in [0, 0.05) is 12.1 Å². The molecule has 2 aliphatic rings. The van der Waals surface area contributed by atoms with Crippen LogP contribution in [0.15, 0.2) is 41.3 Å². The number of hydrogen-bond donors (Lipinski definition) is 0. The zero-order valence-corrected chi connectivity index (χ0v) is 13.7. The van der Waals surface area contributed by atoms with E-state index in [1.807, 2.05) is 18.2 Å². The van der Waals surface area contributed by atoms with Crippen molar-refractivity contribution in [2.75, 3.05) is 0 Å². The molecule has 0 spiro atoms. The monoisotopic (exact) mass is 305 g/mol. The van der Waals surface area contributed by atoms with Gasteiger partial charge in [0.15, 0.2) is 0 Å². The van der Waals surface area contributed by atoms with Crippen molar-refractivity contribution in [2.45, 2.75) is 62.4 Å². The minimum Gasteiger partial charge on any atom is -0.207 e. The molecule has 1 aromatic carbocycles. The van der Waals surface area contributed by atoms with E-state index in [0.29, 0.717) is 4.90 Å². The Balaban J connectivity index is 1.94. The first-order valence-corrected chi connectivity index (χ1v) is 9.05. The second kappa shape index (κ2) is 4.96. The lowest BCUT2D eigenvalue weighted by Crippen LogP contribution is -2.41. The first-order valence-electron chi connectivity index (χ1n) is 7.61. The van der Waals surface area contributed by atoms with E-state index in [4.69, 9.17) is 0 Å². The molecule has 0 aromatic heterocycles. The van der Waals surface area contributed by atoms with Crippen LogP contribution in [0.1, 0.15) is 45.6 Å². The van der Waals surface area contributed by atoms with E-state index in [0.717, 1.165) is 24.8 Å². The number of fused-ring (bicyclic) bond motifs is 2. The lowest BCUT2D eigenvalue weighted by molar-refractivity contribution is 0.341. The molecule has 3 rings (SSSR count). The lowest BCUT2D eigenvalue weighted by Gasteiger charge is -2.30. The van der Waals surface area contributed by atoms with Crippen molar-refractivity contribution in [3.8, 4) is 0 Å². The minimum absolute atomic E-state index is 0.0369. The van der Waals surface area contributed by atoms with Gasteiger partial charge in [-0.1, -0.05) is 45.1 Å². The van der Waals surface area contributed by atoms with Crippen molar-refractivity contribution < 1.29 is 8.42 Å². The molecule has 3 nitrogen and oxygen atoms in total. The van der Waals surface area contributed by atoms with Gasteiger partial charge in [0.2, 0.25) is 10.0 Å². The highest BCUT2D eigenvalue weighted by Gasteiger charge is 2.42. The largest absolute Gasteiger partial charge is 0.243 e. The summed E-state index contributed by atoms with van der Waals surface area (Å²) in [7, 11) is -3.38. The van der Waals surface area contributed by atoms with Gasteiger partial charge in [0.1, 0.15) is 0 Å². The maximum Gasteiger partial charge on any atom is 0.243 e. The lowest BCUT2D eigenvalue weighted by atomic mass is 9.87. The molecule has 2 atom stereocenters. The first kappa shape index (κ1) is 14.8. The smallest absolute Gasteiger partial charge is 0.207 e. The van der Waals surface area contributed by atoms with Gasteiger partial charge in [0.05, 0.1) is 4.90 Å². The molecular weight excluding hydrogens is 282 g/mol. The Morgan fingerprint density at radius 1 is 1.10 bits per heavy atom. The van der Waals surface area contributed by atoms with Crippen LogP contribution in [0.3, 0.4) is 0 Å². The van der Waals surface area contributed by atoms with Gasteiger partial charge in [-0.2, -0.15) is 4.31 Å². The van der Waals surface area contributed by atoms with E-state index in [1.54, 1.807) is 16.4 Å². The second-order valence-electron chi connectivity index (χ2n) is 7.07. The Labute approximate surface area is 127 Å². The van der Waals surface area contributed by atoms with Gasteiger partial charge >= 0.3 is 0 Å². The van der Waals surface area contributed by atoms with E-state index in [-0.39, 0.29) is 17.5 Å². The van der Waals surface area contributed by atoms with Crippen LogP contribution in [0.5, 0.6) is 0 Å². The van der Waals surface area contributed by atoms with Crippen LogP contribution in [0, 0.1) is 0 Å². The number of sulfonamides is 1. The molecule has 0 aliphatic carbocycles.